The predicted molar refractivity (Wildman–Crippen MR) is 134 cm³/mol. The normalized spacial score (nSPS) is 10.9. The molecule has 4 aromatic rings. The third-order valence-electron chi connectivity index (χ3n) is 5.02. The summed E-state index contributed by atoms with van der Waals surface area (Å²) in [5.74, 6) is -0.0750. The van der Waals surface area contributed by atoms with Crippen molar-refractivity contribution in [3.8, 4) is 5.75 Å². The van der Waals surface area contributed by atoms with E-state index in [0.717, 1.165) is 21.9 Å². The van der Waals surface area contributed by atoms with Crippen LogP contribution in [0.1, 0.15) is 21.5 Å². The topological polar surface area (TPSA) is 79.8 Å². The van der Waals surface area contributed by atoms with Crippen molar-refractivity contribution in [2.75, 3.05) is 6.54 Å². The Morgan fingerprint density at radius 1 is 0.912 bits per heavy atom. The van der Waals surface area contributed by atoms with Gasteiger partial charge in [0.2, 0.25) is 0 Å². The summed E-state index contributed by atoms with van der Waals surface area (Å²) in [6.45, 7) is 0.217. The largest absolute Gasteiger partial charge is 0.489 e. The van der Waals surface area contributed by atoms with Crippen LogP contribution in [0.5, 0.6) is 5.75 Å². The quantitative estimate of drug-likeness (QED) is 0.282. The Morgan fingerprint density at radius 3 is 2.53 bits per heavy atom. The molecule has 0 atom stereocenters. The predicted octanol–water partition coefficient (Wildman–Crippen LogP) is 4.95. The first-order valence-corrected chi connectivity index (χ1v) is 11.0. The van der Waals surface area contributed by atoms with Crippen molar-refractivity contribution in [3.63, 3.8) is 0 Å². The second-order valence-corrected chi connectivity index (χ2v) is 7.93. The molecule has 34 heavy (non-hydrogen) atoms. The van der Waals surface area contributed by atoms with Crippen LogP contribution in [0, 0.1) is 0 Å². The van der Waals surface area contributed by atoms with Gasteiger partial charge < -0.3 is 10.1 Å². The molecule has 0 spiro atoms. The molecule has 0 aliphatic heterocycles. The molecule has 0 bridgehead atoms. The Balaban J connectivity index is 1.27. The summed E-state index contributed by atoms with van der Waals surface area (Å²) >= 11 is 5.90. The maximum absolute atomic E-state index is 12.5. The van der Waals surface area contributed by atoms with Gasteiger partial charge in [0.15, 0.2) is 0 Å². The van der Waals surface area contributed by atoms with Crippen LogP contribution in [0.3, 0.4) is 0 Å². The number of fused-ring (bicyclic) bond motifs is 1. The molecule has 0 saturated carbocycles. The summed E-state index contributed by atoms with van der Waals surface area (Å²) in [6.07, 6.45) is 1.51. The van der Waals surface area contributed by atoms with E-state index in [1.807, 2.05) is 84.9 Å². The smallest absolute Gasteiger partial charge is 0.259 e. The number of hydrogen-bond donors (Lipinski definition) is 2. The number of carbonyl (C=O) groups excluding carboxylic acids is 2. The molecule has 170 valence electrons. The van der Waals surface area contributed by atoms with Crippen LogP contribution in [-0.4, -0.2) is 24.6 Å². The van der Waals surface area contributed by atoms with Crippen LogP contribution < -0.4 is 15.5 Å². The summed E-state index contributed by atoms with van der Waals surface area (Å²) < 4.78 is 5.80. The summed E-state index contributed by atoms with van der Waals surface area (Å²) in [7, 11) is 0. The zero-order valence-corrected chi connectivity index (χ0v) is 19.0. The summed E-state index contributed by atoms with van der Waals surface area (Å²) in [5, 5.41) is 9.07. The van der Waals surface area contributed by atoms with E-state index in [-0.39, 0.29) is 12.5 Å². The van der Waals surface area contributed by atoms with Crippen LogP contribution in [-0.2, 0) is 11.4 Å². The van der Waals surface area contributed by atoms with E-state index in [2.05, 4.69) is 15.8 Å². The third-order valence-corrected chi connectivity index (χ3v) is 5.28. The fourth-order valence-corrected chi connectivity index (χ4v) is 3.46. The average Bonchev–Trinajstić information content (AvgIpc) is 2.87. The first kappa shape index (κ1) is 23.0. The molecule has 0 fully saturated rings. The fourth-order valence-electron chi connectivity index (χ4n) is 3.33. The molecule has 0 heterocycles. The molecule has 0 aliphatic rings. The number of hydrogen-bond acceptors (Lipinski definition) is 4. The number of hydrazone groups is 1. The van der Waals surface area contributed by atoms with Gasteiger partial charge in [0.05, 0.1) is 12.8 Å². The summed E-state index contributed by atoms with van der Waals surface area (Å²) in [4.78, 5) is 24.6. The van der Waals surface area contributed by atoms with E-state index in [9.17, 15) is 9.59 Å². The van der Waals surface area contributed by atoms with E-state index in [4.69, 9.17) is 16.3 Å². The minimum atomic E-state index is -0.431. The number of ether oxygens (including phenoxy) is 1. The van der Waals surface area contributed by atoms with E-state index in [0.29, 0.717) is 22.9 Å². The van der Waals surface area contributed by atoms with Crippen molar-refractivity contribution in [1.29, 1.82) is 0 Å². The third kappa shape index (κ3) is 6.21. The molecule has 7 heteroatoms. The van der Waals surface area contributed by atoms with E-state index >= 15 is 0 Å². The zero-order valence-electron chi connectivity index (χ0n) is 18.2. The van der Waals surface area contributed by atoms with Gasteiger partial charge in [0.25, 0.3) is 11.8 Å². The molecule has 0 aromatic heterocycles. The van der Waals surface area contributed by atoms with Crippen LogP contribution in [0.25, 0.3) is 10.8 Å². The highest BCUT2D eigenvalue weighted by atomic mass is 35.5. The molecule has 2 amide bonds. The molecule has 0 saturated heterocycles. The number of amides is 2. The van der Waals surface area contributed by atoms with Crippen molar-refractivity contribution in [2.45, 2.75) is 6.61 Å². The molecular weight excluding hydrogens is 450 g/mol. The molecular formula is C27H22ClN3O3. The lowest BCUT2D eigenvalue weighted by Crippen LogP contribution is -2.35. The summed E-state index contributed by atoms with van der Waals surface area (Å²) in [6, 6.07) is 27.9. The zero-order chi connectivity index (χ0) is 23.8. The standard InChI is InChI=1S/C27H22ClN3O3/c28-22-13-11-19(12-14-22)18-34-23-8-3-5-20(15-23)16-30-31-26(32)17-29-27(33)25-10-4-7-21-6-1-2-9-24(21)25/h1-16H,17-18H2,(H,29,33)(H,31,32)/b30-16+. The first-order chi connectivity index (χ1) is 16.6. The Hall–Kier alpha value is -4.16. The van der Waals surface area contributed by atoms with Crippen molar-refractivity contribution in [2.24, 2.45) is 5.10 Å². The highest BCUT2D eigenvalue weighted by molar-refractivity contribution is 6.30. The number of nitrogens with one attached hydrogen (secondary N) is 2. The van der Waals surface area contributed by atoms with E-state index in [1.165, 1.54) is 6.21 Å². The van der Waals surface area contributed by atoms with Crippen molar-refractivity contribution in [3.05, 3.63) is 113 Å². The minimum Gasteiger partial charge on any atom is -0.489 e. The number of halogens is 1. The van der Waals surface area contributed by atoms with Gasteiger partial charge in [-0.3, -0.25) is 9.59 Å². The van der Waals surface area contributed by atoms with Gasteiger partial charge in [-0.25, -0.2) is 5.43 Å². The Labute approximate surface area is 202 Å². The number of nitrogens with zero attached hydrogens (tertiary/aromatic N) is 1. The van der Waals surface area contributed by atoms with Gasteiger partial charge in [-0.15, -0.1) is 0 Å². The maximum atomic E-state index is 12.5. The van der Waals surface area contributed by atoms with Crippen LogP contribution in [0.15, 0.2) is 96.1 Å². The molecule has 0 unspecified atom stereocenters. The highest BCUT2D eigenvalue weighted by Gasteiger charge is 2.10. The van der Waals surface area contributed by atoms with Gasteiger partial charge in [-0.1, -0.05) is 72.3 Å². The summed E-state index contributed by atoms with van der Waals surface area (Å²) in [5.41, 5.74) is 4.70. The number of rotatable bonds is 8. The van der Waals surface area contributed by atoms with Gasteiger partial charge in [-0.05, 0) is 52.2 Å². The van der Waals surface area contributed by atoms with E-state index < -0.39 is 5.91 Å². The molecule has 4 aromatic carbocycles. The minimum absolute atomic E-state index is 0.191. The first-order valence-electron chi connectivity index (χ1n) is 10.6. The van der Waals surface area contributed by atoms with Crippen LogP contribution in [0.2, 0.25) is 5.02 Å². The fraction of sp³-hybridized carbons (Fsp3) is 0.0741. The SMILES string of the molecule is O=C(CNC(=O)c1cccc2ccccc12)N/N=C/c1cccc(OCc2ccc(Cl)cc2)c1. The second kappa shape index (κ2) is 11.1. The number of benzene rings is 4. The molecule has 0 radical (unpaired) electrons. The van der Waals surface area contributed by atoms with Gasteiger partial charge in [-0.2, -0.15) is 5.10 Å². The average molecular weight is 472 g/mol. The Morgan fingerprint density at radius 2 is 1.68 bits per heavy atom. The Bertz CT molecular complexity index is 1330. The van der Waals surface area contributed by atoms with Gasteiger partial charge in [0.1, 0.15) is 12.4 Å². The van der Waals surface area contributed by atoms with Gasteiger partial charge >= 0.3 is 0 Å². The lowest BCUT2D eigenvalue weighted by atomic mass is 10.0. The molecule has 4 rings (SSSR count). The lowest BCUT2D eigenvalue weighted by molar-refractivity contribution is -0.120. The van der Waals surface area contributed by atoms with Crippen molar-refractivity contribution >= 4 is 40.4 Å². The van der Waals surface area contributed by atoms with Crippen molar-refractivity contribution in [1.82, 2.24) is 10.7 Å². The van der Waals surface area contributed by atoms with Gasteiger partial charge in [0, 0.05) is 10.6 Å². The second-order valence-electron chi connectivity index (χ2n) is 7.49. The highest BCUT2D eigenvalue weighted by Crippen LogP contribution is 2.18. The van der Waals surface area contributed by atoms with Crippen molar-refractivity contribution < 1.29 is 14.3 Å². The Kier molecular flexibility index (Phi) is 7.53. The maximum Gasteiger partial charge on any atom is 0.259 e. The monoisotopic (exact) mass is 471 g/mol. The number of carbonyl (C=O) groups is 2. The van der Waals surface area contributed by atoms with Crippen LogP contribution in [0.4, 0.5) is 0 Å². The molecule has 2 N–H and O–H groups in total. The molecule has 0 aliphatic carbocycles. The van der Waals surface area contributed by atoms with Crippen LogP contribution >= 0.6 is 11.6 Å². The van der Waals surface area contributed by atoms with E-state index in [1.54, 1.807) is 6.07 Å². The lowest BCUT2D eigenvalue weighted by Gasteiger charge is -2.08. The molecule has 6 nitrogen and oxygen atoms in total.